The third-order valence-electron chi connectivity index (χ3n) is 5.29. The number of piperidine rings is 1. The number of benzene rings is 1. The van der Waals surface area contributed by atoms with Gasteiger partial charge in [0.15, 0.2) is 0 Å². The van der Waals surface area contributed by atoms with Crippen molar-refractivity contribution in [2.45, 2.75) is 19.3 Å². The zero-order valence-corrected chi connectivity index (χ0v) is 18.0. The van der Waals surface area contributed by atoms with Gasteiger partial charge in [0, 0.05) is 30.9 Å². The highest BCUT2D eigenvalue weighted by molar-refractivity contribution is 6.04. The molecule has 1 aliphatic heterocycles. The summed E-state index contributed by atoms with van der Waals surface area (Å²) in [5.74, 6) is 0.0488. The molecular formula is C23H26N8O. The molecule has 1 fully saturated rings. The van der Waals surface area contributed by atoms with Gasteiger partial charge in [-0.05, 0) is 44.5 Å². The highest BCUT2D eigenvalue weighted by Gasteiger charge is 2.18. The maximum atomic E-state index is 13.0. The van der Waals surface area contributed by atoms with Crippen LogP contribution in [0.4, 0.5) is 11.4 Å². The van der Waals surface area contributed by atoms with Crippen molar-refractivity contribution in [3.63, 3.8) is 0 Å². The van der Waals surface area contributed by atoms with Gasteiger partial charge in [0.25, 0.3) is 11.9 Å². The number of fused-ring (bicyclic) bond motifs is 1. The molecule has 3 aromatic heterocycles. The summed E-state index contributed by atoms with van der Waals surface area (Å²) in [7, 11) is 1.50. The van der Waals surface area contributed by atoms with Crippen LogP contribution in [0.3, 0.4) is 0 Å². The first-order valence-corrected chi connectivity index (χ1v) is 10.6. The van der Waals surface area contributed by atoms with Crippen LogP contribution in [0.5, 0.6) is 0 Å². The Labute approximate surface area is 186 Å². The van der Waals surface area contributed by atoms with Gasteiger partial charge in [0.2, 0.25) is 0 Å². The molecule has 164 valence electrons. The average molecular weight is 431 g/mol. The van der Waals surface area contributed by atoms with Gasteiger partial charge < -0.3 is 16.0 Å². The van der Waals surface area contributed by atoms with E-state index in [1.54, 1.807) is 35.5 Å². The Bertz CT molecular complexity index is 1200. The van der Waals surface area contributed by atoms with Crippen molar-refractivity contribution < 1.29 is 4.79 Å². The lowest BCUT2D eigenvalue weighted by molar-refractivity contribution is 0.102. The number of nitrogens with zero attached hydrogens (tertiary/aromatic N) is 6. The Hall–Kier alpha value is -3.85. The molecule has 1 aromatic carbocycles. The molecule has 1 amide bonds. The number of aromatic nitrogens is 5. The van der Waals surface area contributed by atoms with Gasteiger partial charge in [0.1, 0.15) is 5.69 Å². The minimum atomic E-state index is -0.304. The Balaban J connectivity index is 0.00000119. The number of rotatable bonds is 4. The largest absolute Gasteiger partial charge is 0.370 e. The number of amides is 1. The SMILES string of the molecule is CN.O=C(Nc1cnccc1N1CCCCC1)c1ccnc(-n2ncc3ccccc32)n1. The van der Waals surface area contributed by atoms with Gasteiger partial charge >= 0.3 is 0 Å². The second-order valence-corrected chi connectivity index (χ2v) is 7.25. The number of hydrogen-bond donors (Lipinski definition) is 2. The average Bonchev–Trinajstić information content (AvgIpc) is 3.30. The second kappa shape index (κ2) is 9.97. The molecule has 4 heterocycles. The number of nitrogens with one attached hydrogen (secondary N) is 1. The molecule has 0 saturated carbocycles. The molecule has 0 atom stereocenters. The van der Waals surface area contributed by atoms with Crippen molar-refractivity contribution in [1.29, 1.82) is 0 Å². The molecule has 9 heteroatoms. The fraction of sp³-hybridized carbons (Fsp3) is 0.261. The van der Waals surface area contributed by atoms with Gasteiger partial charge in [-0.15, -0.1) is 0 Å². The standard InChI is InChI=1S/C22H21N7O.CH5N/c30-21(26-18-15-23-10-9-20(18)28-12-4-1-5-13-28)17-8-11-24-22(27-17)29-19-7-3-2-6-16(19)14-25-29;1-2/h2-3,6-11,14-15H,1,4-5,12-13H2,(H,26,30);2H2,1H3. The van der Waals surface area contributed by atoms with E-state index in [1.807, 2.05) is 30.3 Å². The van der Waals surface area contributed by atoms with Crippen molar-refractivity contribution in [2.75, 3.05) is 30.4 Å². The third-order valence-corrected chi connectivity index (χ3v) is 5.29. The molecule has 5 rings (SSSR count). The van der Waals surface area contributed by atoms with Crippen molar-refractivity contribution in [1.82, 2.24) is 24.7 Å². The number of carbonyl (C=O) groups is 1. The molecule has 0 radical (unpaired) electrons. The summed E-state index contributed by atoms with van der Waals surface area (Å²) in [6.07, 6.45) is 10.3. The number of carbonyl (C=O) groups excluding carboxylic acids is 1. The number of pyridine rings is 1. The Morgan fingerprint density at radius 3 is 2.66 bits per heavy atom. The van der Waals surface area contributed by atoms with Crippen molar-refractivity contribution >= 4 is 28.2 Å². The molecule has 1 aliphatic rings. The number of anilines is 2. The molecule has 32 heavy (non-hydrogen) atoms. The molecule has 9 nitrogen and oxygen atoms in total. The van der Waals surface area contributed by atoms with E-state index in [9.17, 15) is 4.79 Å². The summed E-state index contributed by atoms with van der Waals surface area (Å²) in [5, 5.41) is 8.32. The van der Waals surface area contributed by atoms with Gasteiger partial charge in [-0.25, -0.2) is 9.97 Å². The first kappa shape index (κ1) is 21.4. The molecular weight excluding hydrogens is 404 g/mol. The lowest BCUT2D eigenvalue weighted by Gasteiger charge is -2.30. The maximum Gasteiger partial charge on any atom is 0.274 e. The number of nitrogens with two attached hydrogens (primary N) is 1. The molecule has 3 N–H and O–H groups in total. The van der Waals surface area contributed by atoms with E-state index in [0.29, 0.717) is 11.6 Å². The maximum absolute atomic E-state index is 13.0. The lowest BCUT2D eigenvalue weighted by Crippen LogP contribution is -2.30. The number of para-hydroxylation sites is 1. The first-order chi connectivity index (χ1) is 15.8. The van der Waals surface area contributed by atoms with E-state index in [1.165, 1.54) is 13.5 Å². The van der Waals surface area contributed by atoms with Gasteiger partial charge in [-0.2, -0.15) is 9.78 Å². The van der Waals surface area contributed by atoms with Crippen LogP contribution in [-0.4, -0.2) is 50.8 Å². The predicted molar refractivity (Wildman–Crippen MR) is 125 cm³/mol. The minimum Gasteiger partial charge on any atom is -0.370 e. The third kappa shape index (κ3) is 4.42. The van der Waals surface area contributed by atoms with Crippen LogP contribution < -0.4 is 16.0 Å². The van der Waals surface area contributed by atoms with Crippen LogP contribution in [-0.2, 0) is 0 Å². The Morgan fingerprint density at radius 2 is 1.81 bits per heavy atom. The minimum absolute atomic E-state index is 0.271. The van der Waals surface area contributed by atoms with Gasteiger partial charge in [-0.1, -0.05) is 18.2 Å². The van der Waals surface area contributed by atoms with Crippen molar-refractivity contribution in [3.8, 4) is 5.95 Å². The zero-order chi connectivity index (χ0) is 22.3. The van der Waals surface area contributed by atoms with Gasteiger partial charge in [0.05, 0.1) is 29.3 Å². The monoisotopic (exact) mass is 430 g/mol. The summed E-state index contributed by atoms with van der Waals surface area (Å²) in [5.41, 5.74) is 7.34. The quantitative estimate of drug-likeness (QED) is 0.511. The highest BCUT2D eigenvalue weighted by Crippen LogP contribution is 2.27. The zero-order valence-electron chi connectivity index (χ0n) is 18.0. The smallest absolute Gasteiger partial charge is 0.274 e. The summed E-state index contributed by atoms with van der Waals surface area (Å²) >= 11 is 0. The molecule has 0 spiro atoms. The lowest BCUT2D eigenvalue weighted by atomic mass is 10.1. The fourth-order valence-electron chi connectivity index (χ4n) is 3.79. The Kier molecular flexibility index (Phi) is 6.66. The van der Waals surface area contributed by atoms with E-state index < -0.39 is 0 Å². The highest BCUT2D eigenvalue weighted by atomic mass is 16.1. The summed E-state index contributed by atoms with van der Waals surface area (Å²) in [6.45, 7) is 1.97. The van der Waals surface area contributed by atoms with Gasteiger partial charge in [-0.3, -0.25) is 9.78 Å². The van der Waals surface area contributed by atoms with Crippen LogP contribution in [0.15, 0.2) is 61.2 Å². The molecule has 0 bridgehead atoms. The van der Waals surface area contributed by atoms with Crippen LogP contribution in [0, 0.1) is 0 Å². The summed E-state index contributed by atoms with van der Waals surface area (Å²) in [4.78, 5) is 28.2. The van der Waals surface area contributed by atoms with Crippen LogP contribution in [0.25, 0.3) is 16.9 Å². The second-order valence-electron chi connectivity index (χ2n) is 7.25. The van der Waals surface area contributed by atoms with Crippen LogP contribution in [0.1, 0.15) is 29.8 Å². The molecule has 0 aliphatic carbocycles. The predicted octanol–water partition coefficient (Wildman–Crippen LogP) is 3.03. The molecule has 0 unspecified atom stereocenters. The van der Waals surface area contributed by atoms with E-state index in [-0.39, 0.29) is 11.6 Å². The fourth-order valence-corrected chi connectivity index (χ4v) is 3.79. The number of hydrogen-bond acceptors (Lipinski definition) is 7. The van der Waals surface area contributed by atoms with Crippen molar-refractivity contribution in [2.24, 2.45) is 5.73 Å². The van der Waals surface area contributed by atoms with E-state index >= 15 is 0 Å². The molecule has 4 aromatic rings. The van der Waals surface area contributed by atoms with Crippen molar-refractivity contribution in [3.05, 3.63) is 66.9 Å². The Morgan fingerprint density at radius 1 is 1.00 bits per heavy atom. The normalized spacial score (nSPS) is 13.4. The van der Waals surface area contributed by atoms with E-state index in [0.717, 1.165) is 42.5 Å². The topological polar surface area (TPSA) is 115 Å². The summed E-state index contributed by atoms with van der Waals surface area (Å²) in [6, 6.07) is 11.3. The first-order valence-electron chi connectivity index (χ1n) is 10.6. The molecule has 1 saturated heterocycles. The van der Waals surface area contributed by atoms with E-state index in [2.05, 4.69) is 36.0 Å². The summed E-state index contributed by atoms with van der Waals surface area (Å²) < 4.78 is 1.63. The van der Waals surface area contributed by atoms with Crippen LogP contribution >= 0.6 is 0 Å². The van der Waals surface area contributed by atoms with E-state index in [4.69, 9.17) is 0 Å². The van der Waals surface area contributed by atoms with Crippen LogP contribution in [0.2, 0.25) is 0 Å².